The number of benzene rings is 2. The van der Waals surface area contributed by atoms with E-state index < -0.39 is 37.9 Å². The summed E-state index contributed by atoms with van der Waals surface area (Å²) in [5, 5.41) is 3.23. The number of fused-ring (bicyclic) bond motifs is 3. The number of halogens is 6. The molecule has 2 unspecified atom stereocenters. The van der Waals surface area contributed by atoms with Crippen LogP contribution in [-0.4, -0.2) is 21.0 Å². The lowest BCUT2D eigenvalue weighted by Gasteiger charge is -2.42. The Morgan fingerprint density at radius 3 is 2.61 bits per heavy atom. The summed E-state index contributed by atoms with van der Waals surface area (Å²) in [4.78, 5) is -0.839. The maximum Gasteiger partial charge on any atom is 0.417 e. The SMILES string of the molecule is C=C1CCCC2Nc3c(F)cc(Br)cc3C12CCNS(=O)(=O)c1ccc(Br)cc1C(F)(F)F. The predicted molar refractivity (Wildman–Crippen MR) is 125 cm³/mol. The molecule has 0 radical (unpaired) electrons. The predicted octanol–water partition coefficient (Wildman–Crippen LogP) is 6.51. The first-order valence-electron chi connectivity index (χ1n) is 10.2. The average molecular weight is 612 g/mol. The second-order valence-corrected chi connectivity index (χ2v) is 11.8. The van der Waals surface area contributed by atoms with Crippen molar-refractivity contribution in [3.63, 3.8) is 0 Å². The molecular weight excluding hydrogens is 592 g/mol. The standard InChI is InChI=1S/C22H20Br2F4N2O2S/c1-12-3-2-4-19-21(12,16-10-14(24)11-17(25)20(16)30-19)7-8-29-33(31,32)18-6-5-13(23)9-15(18)22(26,27)28/h5-6,9-11,19,29-30H,1-4,7-8H2. The molecule has 0 bridgehead atoms. The van der Waals surface area contributed by atoms with Crippen molar-refractivity contribution in [1.29, 1.82) is 0 Å². The van der Waals surface area contributed by atoms with Crippen LogP contribution in [-0.2, 0) is 21.6 Å². The maximum atomic E-state index is 14.7. The molecule has 178 valence electrons. The van der Waals surface area contributed by atoms with E-state index >= 15 is 0 Å². The van der Waals surface area contributed by atoms with E-state index in [4.69, 9.17) is 0 Å². The number of rotatable bonds is 5. The normalized spacial score (nSPS) is 22.6. The van der Waals surface area contributed by atoms with E-state index in [1.54, 1.807) is 6.07 Å². The number of sulfonamides is 1. The minimum absolute atomic E-state index is 0.121. The lowest BCUT2D eigenvalue weighted by Crippen LogP contribution is -2.45. The Kier molecular flexibility index (Phi) is 6.48. The first kappa shape index (κ1) is 24.7. The fourth-order valence-corrected chi connectivity index (χ4v) is 6.99. The number of alkyl halides is 3. The van der Waals surface area contributed by atoms with Crippen LogP contribution in [0.2, 0.25) is 0 Å². The largest absolute Gasteiger partial charge is 0.417 e. The molecule has 33 heavy (non-hydrogen) atoms. The molecule has 0 amide bonds. The molecule has 0 spiro atoms. The van der Waals surface area contributed by atoms with Crippen LogP contribution in [0.25, 0.3) is 0 Å². The molecule has 1 heterocycles. The van der Waals surface area contributed by atoms with E-state index in [1.807, 2.05) is 0 Å². The smallest absolute Gasteiger partial charge is 0.378 e. The molecule has 2 aliphatic rings. The van der Waals surface area contributed by atoms with E-state index in [0.717, 1.165) is 30.5 Å². The number of anilines is 1. The zero-order chi connectivity index (χ0) is 24.2. The summed E-state index contributed by atoms with van der Waals surface area (Å²) >= 11 is 6.28. The number of nitrogens with one attached hydrogen (secondary N) is 2. The van der Waals surface area contributed by atoms with Gasteiger partial charge in [0.2, 0.25) is 10.0 Å². The Labute approximate surface area is 206 Å². The van der Waals surface area contributed by atoms with Gasteiger partial charge in [-0.25, -0.2) is 17.5 Å². The Hall–Kier alpha value is -1.43. The monoisotopic (exact) mass is 610 g/mol. The van der Waals surface area contributed by atoms with Crippen molar-refractivity contribution in [2.24, 2.45) is 0 Å². The quantitative estimate of drug-likeness (QED) is 0.299. The molecule has 1 fully saturated rings. The van der Waals surface area contributed by atoms with E-state index in [2.05, 4.69) is 48.5 Å². The third-order valence-electron chi connectivity index (χ3n) is 6.40. The second kappa shape index (κ2) is 8.66. The van der Waals surface area contributed by atoms with Crippen LogP contribution >= 0.6 is 31.9 Å². The van der Waals surface area contributed by atoms with Gasteiger partial charge < -0.3 is 5.32 Å². The molecule has 4 nitrogen and oxygen atoms in total. The van der Waals surface area contributed by atoms with Gasteiger partial charge >= 0.3 is 6.18 Å². The van der Waals surface area contributed by atoms with Gasteiger partial charge in [0.25, 0.3) is 0 Å². The molecule has 0 saturated heterocycles. The maximum absolute atomic E-state index is 14.7. The van der Waals surface area contributed by atoms with Crippen LogP contribution < -0.4 is 10.0 Å². The van der Waals surface area contributed by atoms with Crippen molar-refractivity contribution in [2.75, 3.05) is 11.9 Å². The highest BCUT2D eigenvalue weighted by molar-refractivity contribution is 9.10. The Morgan fingerprint density at radius 2 is 1.91 bits per heavy atom. The van der Waals surface area contributed by atoms with Gasteiger partial charge in [-0.1, -0.05) is 44.0 Å². The molecular formula is C22H20Br2F4N2O2S. The molecule has 2 aromatic rings. The zero-order valence-corrected chi connectivity index (χ0v) is 21.2. The zero-order valence-electron chi connectivity index (χ0n) is 17.2. The highest BCUT2D eigenvalue weighted by atomic mass is 79.9. The summed E-state index contributed by atoms with van der Waals surface area (Å²) in [7, 11) is -4.46. The van der Waals surface area contributed by atoms with E-state index in [0.29, 0.717) is 22.1 Å². The average Bonchev–Trinajstić information content (AvgIpc) is 3.03. The van der Waals surface area contributed by atoms with Crippen LogP contribution in [0.5, 0.6) is 0 Å². The van der Waals surface area contributed by atoms with Gasteiger partial charge in [0.15, 0.2) is 0 Å². The van der Waals surface area contributed by atoms with Gasteiger partial charge in [0, 0.05) is 26.9 Å². The van der Waals surface area contributed by atoms with Crippen LogP contribution in [0.15, 0.2) is 56.3 Å². The minimum atomic E-state index is -4.84. The molecule has 1 aliphatic carbocycles. The van der Waals surface area contributed by atoms with Crippen molar-refractivity contribution in [3.05, 3.63) is 68.4 Å². The second-order valence-electron chi connectivity index (χ2n) is 8.26. The highest BCUT2D eigenvalue weighted by Gasteiger charge is 2.51. The number of hydrogen-bond acceptors (Lipinski definition) is 3. The van der Waals surface area contributed by atoms with Gasteiger partial charge in [-0.3, -0.25) is 0 Å². The summed E-state index contributed by atoms with van der Waals surface area (Å²) in [6.07, 6.45) is -2.32. The van der Waals surface area contributed by atoms with Crippen LogP contribution in [0, 0.1) is 5.82 Å². The first-order valence-corrected chi connectivity index (χ1v) is 13.2. The third kappa shape index (κ3) is 4.37. The van der Waals surface area contributed by atoms with E-state index in [1.165, 1.54) is 12.1 Å². The Balaban J connectivity index is 1.65. The minimum Gasteiger partial charge on any atom is -0.378 e. The Bertz CT molecular complexity index is 1230. The van der Waals surface area contributed by atoms with Gasteiger partial charge in [0.05, 0.1) is 16.1 Å². The molecule has 1 aliphatic heterocycles. The summed E-state index contributed by atoms with van der Waals surface area (Å²) in [6, 6.07) is 5.89. The molecule has 1 saturated carbocycles. The third-order valence-corrected chi connectivity index (χ3v) is 8.87. The molecule has 4 rings (SSSR count). The van der Waals surface area contributed by atoms with E-state index in [-0.39, 0.29) is 23.5 Å². The summed E-state index contributed by atoms with van der Waals surface area (Å²) < 4.78 is 83.7. The molecule has 2 N–H and O–H groups in total. The van der Waals surface area contributed by atoms with Crippen molar-refractivity contribution in [1.82, 2.24) is 4.72 Å². The lowest BCUT2D eigenvalue weighted by atomic mass is 9.63. The van der Waals surface area contributed by atoms with Crippen LogP contribution in [0.4, 0.5) is 23.2 Å². The fourth-order valence-electron chi connectivity index (χ4n) is 4.96. The molecule has 2 aromatic carbocycles. The molecule has 11 heteroatoms. The highest BCUT2D eigenvalue weighted by Crippen LogP contribution is 2.54. The number of hydrogen-bond donors (Lipinski definition) is 2. The summed E-state index contributed by atoms with van der Waals surface area (Å²) in [5.41, 5.74) is -0.0835. The Morgan fingerprint density at radius 1 is 1.18 bits per heavy atom. The lowest BCUT2D eigenvalue weighted by molar-refractivity contribution is -0.139. The summed E-state index contributed by atoms with van der Waals surface area (Å²) in [5.74, 6) is -0.425. The topological polar surface area (TPSA) is 58.2 Å². The van der Waals surface area contributed by atoms with Crippen molar-refractivity contribution >= 4 is 47.6 Å². The fraction of sp³-hybridized carbons (Fsp3) is 0.364. The van der Waals surface area contributed by atoms with Gasteiger partial charge in [-0.05, 0) is 61.6 Å². The van der Waals surface area contributed by atoms with Gasteiger partial charge in [-0.15, -0.1) is 0 Å². The van der Waals surface area contributed by atoms with Crippen molar-refractivity contribution in [2.45, 2.75) is 48.2 Å². The molecule has 2 atom stereocenters. The summed E-state index contributed by atoms with van der Waals surface area (Å²) in [6.45, 7) is 4.07. The van der Waals surface area contributed by atoms with Crippen LogP contribution in [0.3, 0.4) is 0 Å². The van der Waals surface area contributed by atoms with Gasteiger partial charge in [-0.2, -0.15) is 13.2 Å². The van der Waals surface area contributed by atoms with Gasteiger partial charge in [0.1, 0.15) is 5.82 Å². The van der Waals surface area contributed by atoms with E-state index in [9.17, 15) is 26.0 Å². The molecule has 0 aromatic heterocycles. The van der Waals surface area contributed by atoms with Crippen molar-refractivity contribution < 1.29 is 26.0 Å². The first-order chi connectivity index (χ1) is 15.4. The van der Waals surface area contributed by atoms with Crippen molar-refractivity contribution in [3.8, 4) is 0 Å². The van der Waals surface area contributed by atoms with Crippen LogP contribution in [0.1, 0.15) is 36.8 Å².